The van der Waals surface area contributed by atoms with Gasteiger partial charge in [-0.05, 0) is 30.4 Å². The molecule has 0 atom stereocenters. The number of nitrogens with one attached hydrogen (secondary N) is 1. The molecule has 0 radical (unpaired) electrons. The van der Waals surface area contributed by atoms with Crippen molar-refractivity contribution in [3.05, 3.63) is 18.2 Å². The summed E-state index contributed by atoms with van der Waals surface area (Å²) in [5.74, 6) is 3.09. The molecule has 0 amide bonds. The fourth-order valence-electron chi connectivity index (χ4n) is 1.94. The van der Waals surface area contributed by atoms with Crippen molar-refractivity contribution in [1.82, 2.24) is 0 Å². The monoisotopic (exact) mass is 283 g/mol. The third kappa shape index (κ3) is 3.20. The number of rotatable bonds is 3. The van der Waals surface area contributed by atoms with E-state index in [4.69, 9.17) is 22.7 Å². The highest BCUT2D eigenvalue weighted by atomic mass is 32.2. The van der Waals surface area contributed by atoms with E-state index in [1.54, 1.807) is 7.11 Å². The van der Waals surface area contributed by atoms with Gasteiger partial charge in [0.05, 0.1) is 12.8 Å². The highest BCUT2D eigenvalue weighted by Crippen LogP contribution is 2.30. The van der Waals surface area contributed by atoms with Crippen LogP contribution in [0, 0.1) is 0 Å². The molecule has 0 aliphatic carbocycles. The van der Waals surface area contributed by atoms with Crippen LogP contribution in [0.15, 0.2) is 18.2 Å². The Balaban J connectivity index is 2.23. The van der Waals surface area contributed by atoms with Gasteiger partial charge in [-0.15, -0.1) is 0 Å². The molecule has 1 saturated heterocycles. The lowest BCUT2D eigenvalue weighted by atomic mass is 10.2. The van der Waals surface area contributed by atoms with E-state index >= 15 is 0 Å². The van der Waals surface area contributed by atoms with Crippen LogP contribution < -0.4 is 20.7 Å². The van der Waals surface area contributed by atoms with E-state index in [-0.39, 0.29) is 5.11 Å². The summed E-state index contributed by atoms with van der Waals surface area (Å²) in [4.78, 5) is 2.36. The van der Waals surface area contributed by atoms with E-state index in [9.17, 15) is 0 Å². The summed E-state index contributed by atoms with van der Waals surface area (Å²) in [5, 5.41) is 3.21. The summed E-state index contributed by atoms with van der Waals surface area (Å²) >= 11 is 6.87. The average Bonchev–Trinajstić information content (AvgIpc) is 2.39. The second-order valence-electron chi connectivity index (χ2n) is 3.97. The van der Waals surface area contributed by atoms with Crippen LogP contribution in [0.4, 0.5) is 11.4 Å². The van der Waals surface area contributed by atoms with Crippen molar-refractivity contribution < 1.29 is 4.74 Å². The van der Waals surface area contributed by atoms with Crippen LogP contribution in [-0.4, -0.2) is 36.8 Å². The van der Waals surface area contributed by atoms with Crippen molar-refractivity contribution >= 4 is 40.5 Å². The molecule has 98 valence electrons. The Morgan fingerprint density at radius 2 is 2.17 bits per heavy atom. The van der Waals surface area contributed by atoms with E-state index in [2.05, 4.69) is 16.3 Å². The van der Waals surface area contributed by atoms with Gasteiger partial charge in [0.1, 0.15) is 5.75 Å². The molecule has 0 unspecified atom stereocenters. The van der Waals surface area contributed by atoms with Gasteiger partial charge in [-0.2, -0.15) is 11.8 Å². The van der Waals surface area contributed by atoms with Crippen molar-refractivity contribution in [2.75, 3.05) is 41.9 Å². The largest absolute Gasteiger partial charge is 0.495 e. The number of benzene rings is 1. The Morgan fingerprint density at radius 1 is 1.44 bits per heavy atom. The smallest absolute Gasteiger partial charge is 0.168 e. The molecule has 3 N–H and O–H groups in total. The third-order valence-electron chi connectivity index (χ3n) is 2.82. The van der Waals surface area contributed by atoms with Gasteiger partial charge in [0, 0.05) is 30.3 Å². The van der Waals surface area contributed by atoms with Crippen LogP contribution in [0.1, 0.15) is 0 Å². The fraction of sp³-hybridized carbons (Fsp3) is 0.417. The summed E-state index contributed by atoms with van der Waals surface area (Å²) in [6.07, 6.45) is 0. The van der Waals surface area contributed by atoms with Gasteiger partial charge in [0.2, 0.25) is 0 Å². The summed E-state index contributed by atoms with van der Waals surface area (Å²) in [6, 6.07) is 6.05. The number of thiocarbonyl (C=S) groups is 1. The first-order valence-corrected chi connectivity index (χ1v) is 7.34. The van der Waals surface area contributed by atoms with Crippen LogP contribution in [0.5, 0.6) is 5.75 Å². The number of anilines is 2. The van der Waals surface area contributed by atoms with Crippen molar-refractivity contribution in [1.29, 1.82) is 0 Å². The van der Waals surface area contributed by atoms with Gasteiger partial charge < -0.3 is 20.7 Å². The Labute approximate surface area is 117 Å². The summed E-state index contributed by atoms with van der Waals surface area (Å²) in [7, 11) is 1.64. The van der Waals surface area contributed by atoms with Gasteiger partial charge in [-0.25, -0.2) is 0 Å². The fourth-order valence-corrected chi connectivity index (χ4v) is 2.96. The van der Waals surface area contributed by atoms with E-state index < -0.39 is 0 Å². The molecular weight excluding hydrogens is 266 g/mol. The van der Waals surface area contributed by atoms with Crippen LogP contribution in [0.3, 0.4) is 0 Å². The first kappa shape index (κ1) is 13.3. The molecule has 1 aliphatic rings. The average molecular weight is 283 g/mol. The topological polar surface area (TPSA) is 50.5 Å². The Morgan fingerprint density at radius 3 is 2.78 bits per heavy atom. The zero-order chi connectivity index (χ0) is 13.0. The lowest BCUT2D eigenvalue weighted by Crippen LogP contribution is -2.32. The highest BCUT2D eigenvalue weighted by molar-refractivity contribution is 7.99. The van der Waals surface area contributed by atoms with Crippen molar-refractivity contribution in [2.24, 2.45) is 5.73 Å². The maximum absolute atomic E-state index is 5.52. The normalized spacial score (nSPS) is 15.3. The van der Waals surface area contributed by atoms with Crippen LogP contribution in [0.25, 0.3) is 0 Å². The van der Waals surface area contributed by atoms with E-state index in [0.717, 1.165) is 24.5 Å². The first-order chi connectivity index (χ1) is 8.70. The second kappa shape index (κ2) is 6.15. The number of thioether (sulfide) groups is 1. The summed E-state index contributed by atoms with van der Waals surface area (Å²) in [6.45, 7) is 2.15. The molecule has 6 heteroatoms. The van der Waals surface area contributed by atoms with Crippen molar-refractivity contribution in [2.45, 2.75) is 0 Å². The molecule has 0 spiro atoms. The quantitative estimate of drug-likeness (QED) is 0.827. The molecule has 1 aromatic rings. The maximum atomic E-state index is 5.52. The standard InChI is InChI=1S/C12H17N3OS2/c1-16-11-3-2-9(8-10(11)14-12(13)17)15-4-6-18-7-5-15/h2-3,8H,4-7H2,1H3,(H3,13,14,17). The number of hydrogen-bond donors (Lipinski definition) is 2. The minimum Gasteiger partial charge on any atom is -0.495 e. The highest BCUT2D eigenvalue weighted by Gasteiger charge is 2.13. The van der Waals surface area contributed by atoms with Gasteiger partial charge in [0.15, 0.2) is 5.11 Å². The lowest BCUT2D eigenvalue weighted by molar-refractivity contribution is 0.417. The minimum atomic E-state index is 0.250. The predicted molar refractivity (Wildman–Crippen MR) is 82.9 cm³/mol. The molecule has 1 heterocycles. The van der Waals surface area contributed by atoms with Gasteiger partial charge in [0.25, 0.3) is 0 Å². The molecule has 0 bridgehead atoms. The van der Waals surface area contributed by atoms with E-state index in [1.165, 1.54) is 17.2 Å². The maximum Gasteiger partial charge on any atom is 0.168 e. The third-order valence-corrected chi connectivity index (χ3v) is 3.86. The molecule has 18 heavy (non-hydrogen) atoms. The second-order valence-corrected chi connectivity index (χ2v) is 5.64. The van der Waals surface area contributed by atoms with Gasteiger partial charge in [-0.3, -0.25) is 0 Å². The van der Waals surface area contributed by atoms with Crippen LogP contribution in [0.2, 0.25) is 0 Å². The summed E-state index contributed by atoms with van der Waals surface area (Å²) < 4.78 is 5.29. The molecular formula is C12H17N3OS2. The molecule has 1 aromatic carbocycles. The number of hydrogen-bond acceptors (Lipinski definition) is 4. The number of ether oxygens (including phenoxy) is 1. The molecule has 0 saturated carbocycles. The van der Waals surface area contributed by atoms with Crippen molar-refractivity contribution in [3.8, 4) is 5.75 Å². The lowest BCUT2D eigenvalue weighted by Gasteiger charge is -2.29. The Hall–Kier alpha value is -1.14. The first-order valence-electron chi connectivity index (χ1n) is 5.78. The van der Waals surface area contributed by atoms with E-state index in [1.807, 2.05) is 23.9 Å². The SMILES string of the molecule is COc1ccc(N2CCSCC2)cc1NC(N)=S. The minimum absolute atomic E-state index is 0.250. The Bertz CT molecular complexity index is 433. The van der Waals surface area contributed by atoms with Crippen molar-refractivity contribution in [3.63, 3.8) is 0 Å². The molecule has 1 aliphatic heterocycles. The molecule has 0 aromatic heterocycles. The Kier molecular flexibility index (Phi) is 4.54. The number of nitrogens with two attached hydrogens (primary N) is 1. The molecule has 2 rings (SSSR count). The zero-order valence-corrected chi connectivity index (χ0v) is 11.9. The number of methoxy groups -OCH3 is 1. The zero-order valence-electron chi connectivity index (χ0n) is 10.3. The molecule has 1 fully saturated rings. The van der Waals surface area contributed by atoms with Crippen LogP contribution >= 0.6 is 24.0 Å². The van der Waals surface area contributed by atoms with Gasteiger partial charge >= 0.3 is 0 Å². The molecule has 4 nitrogen and oxygen atoms in total. The van der Waals surface area contributed by atoms with Crippen LogP contribution in [-0.2, 0) is 0 Å². The number of nitrogens with zero attached hydrogens (tertiary/aromatic N) is 1. The summed E-state index contributed by atoms with van der Waals surface area (Å²) in [5.41, 5.74) is 7.52. The predicted octanol–water partition coefficient (Wildman–Crippen LogP) is 1.90. The van der Waals surface area contributed by atoms with E-state index in [0.29, 0.717) is 0 Å². The van der Waals surface area contributed by atoms with Gasteiger partial charge in [-0.1, -0.05) is 0 Å².